The number of hydrogen-bond donors (Lipinski definition) is 1. The van der Waals surface area contributed by atoms with Crippen LogP contribution in [0.25, 0.3) is 0 Å². The Morgan fingerprint density at radius 2 is 1.80 bits per heavy atom. The molecule has 1 aliphatic rings. The van der Waals surface area contributed by atoms with Gasteiger partial charge in [-0.05, 0) is 53.6 Å². The van der Waals surface area contributed by atoms with Gasteiger partial charge in [-0.1, -0.05) is 47.5 Å². The van der Waals surface area contributed by atoms with Gasteiger partial charge in [-0.15, -0.1) is 0 Å². The lowest BCUT2D eigenvalue weighted by Crippen LogP contribution is -2.03. The number of aliphatic hydroxyl groups excluding tert-OH is 1. The van der Waals surface area contributed by atoms with Gasteiger partial charge in [0.15, 0.2) is 0 Å². The zero-order chi connectivity index (χ0) is 14.1. The Hall–Kier alpha value is -1.02. The second-order valence-corrected chi connectivity index (χ2v) is 6.19. The first-order chi connectivity index (χ1) is 9.63. The summed E-state index contributed by atoms with van der Waals surface area (Å²) < 4.78 is 0. The van der Waals surface area contributed by atoms with Gasteiger partial charge in [0.2, 0.25) is 0 Å². The van der Waals surface area contributed by atoms with Crippen molar-refractivity contribution in [3.8, 4) is 0 Å². The summed E-state index contributed by atoms with van der Waals surface area (Å²) in [6.45, 7) is 0. The normalized spacial score (nSPS) is 15.2. The van der Waals surface area contributed by atoms with E-state index in [9.17, 15) is 5.11 Å². The van der Waals surface area contributed by atoms with Gasteiger partial charge >= 0.3 is 0 Å². The van der Waals surface area contributed by atoms with Crippen LogP contribution >= 0.6 is 23.2 Å². The van der Waals surface area contributed by atoms with E-state index in [-0.39, 0.29) is 0 Å². The Balaban J connectivity index is 1.80. The van der Waals surface area contributed by atoms with Crippen molar-refractivity contribution in [1.29, 1.82) is 0 Å². The van der Waals surface area contributed by atoms with Crippen molar-refractivity contribution in [2.75, 3.05) is 0 Å². The van der Waals surface area contributed by atoms with Gasteiger partial charge in [-0.25, -0.2) is 0 Å². The molecule has 1 nitrogen and oxygen atoms in total. The third-order valence-corrected chi connectivity index (χ3v) is 4.48. The smallest absolute Gasteiger partial charge is 0.0844 e. The van der Waals surface area contributed by atoms with Crippen LogP contribution in [0.2, 0.25) is 10.0 Å². The van der Waals surface area contributed by atoms with E-state index in [1.54, 1.807) is 18.2 Å². The van der Waals surface area contributed by atoms with E-state index in [0.717, 1.165) is 17.5 Å². The van der Waals surface area contributed by atoms with Crippen molar-refractivity contribution >= 4 is 23.2 Å². The molecule has 0 aromatic heterocycles. The highest BCUT2D eigenvalue weighted by Gasteiger charge is 2.15. The van der Waals surface area contributed by atoms with Crippen LogP contribution in [0.15, 0.2) is 36.4 Å². The van der Waals surface area contributed by atoms with Gasteiger partial charge < -0.3 is 5.11 Å². The average Bonchev–Trinajstić information content (AvgIpc) is 2.85. The molecular formula is C17H16Cl2O. The minimum atomic E-state index is -0.598. The van der Waals surface area contributed by atoms with Crippen LogP contribution in [-0.4, -0.2) is 5.11 Å². The molecule has 1 atom stereocenters. The molecule has 1 N–H and O–H groups in total. The third-order valence-electron chi connectivity index (χ3n) is 3.91. The molecule has 0 aliphatic heterocycles. The molecule has 0 spiro atoms. The minimum absolute atomic E-state index is 0.520. The van der Waals surface area contributed by atoms with Crippen LogP contribution in [0, 0.1) is 0 Å². The summed E-state index contributed by atoms with van der Waals surface area (Å²) in [7, 11) is 0. The highest BCUT2D eigenvalue weighted by molar-refractivity contribution is 6.35. The van der Waals surface area contributed by atoms with Crippen molar-refractivity contribution in [1.82, 2.24) is 0 Å². The third kappa shape index (κ3) is 2.85. The molecule has 0 bridgehead atoms. The van der Waals surface area contributed by atoms with Crippen LogP contribution < -0.4 is 0 Å². The lowest BCUT2D eigenvalue weighted by molar-refractivity contribution is 0.178. The molecule has 1 aliphatic carbocycles. The number of aliphatic hydroxyl groups is 1. The van der Waals surface area contributed by atoms with Gasteiger partial charge in [0.25, 0.3) is 0 Å². The number of hydrogen-bond acceptors (Lipinski definition) is 1. The van der Waals surface area contributed by atoms with Gasteiger partial charge in [-0.2, -0.15) is 0 Å². The predicted octanol–water partition coefficient (Wildman–Crippen LogP) is 4.76. The highest BCUT2D eigenvalue weighted by Crippen LogP contribution is 2.30. The van der Waals surface area contributed by atoms with Crippen molar-refractivity contribution in [2.24, 2.45) is 0 Å². The molecule has 0 fully saturated rings. The standard InChI is InChI=1S/C17H16Cl2O/c18-14-6-7-15(16(19)10-14)17(20)9-11-4-5-12-2-1-3-13(12)8-11/h4-8,10,17,20H,1-3,9H2. The Morgan fingerprint density at radius 3 is 2.60 bits per heavy atom. The molecule has 3 heteroatoms. The molecule has 1 unspecified atom stereocenters. The van der Waals surface area contributed by atoms with Crippen molar-refractivity contribution in [3.63, 3.8) is 0 Å². The maximum atomic E-state index is 10.4. The molecule has 0 saturated carbocycles. The highest BCUT2D eigenvalue weighted by atomic mass is 35.5. The first-order valence-electron chi connectivity index (χ1n) is 6.87. The summed E-state index contributed by atoms with van der Waals surface area (Å²) in [5, 5.41) is 11.5. The molecule has 3 rings (SSSR count). The van der Waals surface area contributed by atoms with Gasteiger partial charge in [-0.3, -0.25) is 0 Å². The van der Waals surface area contributed by atoms with E-state index in [1.165, 1.54) is 24.0 Å². The lowest BCUT2D eigenvalue weighted by atomic mass is 9.98. The van der Waals surface area contributed by atoms with Crippen molar-refractivity contribution in [3.05, 3.63) is 68.7 Å². The van der Waals surface area contributed by atoms with Crippen molar-refractivity contribution in [2.45, 2.75) is 31.8 Å². The van der Waals surface area contributed by atoms with E-state index in [1.807, 2.05) is 0 Å². The number of halogens is 2. The molecule has 0 radical (unpaired) electrons. The van der Waals surface area contributed by atoms with E-state index in [2.05, 4.69) is 18.2 Å². The molecule has 0 saturated heterocycles. The zero-order valence-electron chi connectivity index (χ0n) is 11.1. The summed E-state index contributed by atoms with van der Waals surface area (Å²) in [5.74, 6) is 0. The van der Waals surface area contributed by atoms with Crippen LogP contribution in [0.5, 0.6) is 0 Å². The summed E-state index contributed by atoms with van der Waals surface area (Å²) in [6, 6.07) is 11.7. The fourth-order valence-electron chi connectivity index (χ4n) is 2.86. The molecule has 104 valence electrons. The fourth-order valence-corrected chi connectivity index (χ4v) is 3.39. The second kappa shape index (κ2) is 5.77. The molecule has 0 heterocycles. The summed E-state index contributed by atoms with van der Waals surface area (Å²) in [4.78, 5) is 0. The van der Waals surface area contributed by atoms with E-state index >= 15 is 0 Å². The number of fused-ring (bicyclic) bond motifs is 1. The Kier molecular flexibility index (Phi) is 4.02. The largest absolute Gasteiger partial charge is 0.388 e. The van der Waals surface area contributed by atoms with Gasteiger partial charge in [0, 0.05) is 16.5 Å². The zero-order valence-corrected chi connectivity index (χ0v) is 12.6. The van der Waals surface area contributed by atoms with Gasteiger partial charge in [0.1, 0.15) is 0 Å². The summed E-state index contributed by atoms with van der Waals surface area (Å²) in [5.41, 5.74) is 4.77. The number of aryl methyl sites for hydroxylation is 2. The monoisotopic (exact) mass is 306 g/mol. The maximum Gasteiger partial charge on any atom is 0.0844 e. The lowest BCUT2D eigenvalue weighted by Gasteiger charge is -2.14. The first-order valence-corrected chi connectivity index (χ1v) is 7.63. The van der Waals surface area contributed by atoms with Gasteiger partial charge in [0.05, 0.1) is 6.10 Å². The quantitative estimate of drug-likeness (QED) is 0.867. The number of rotatable bonds is 3. The van der Waals surface area contributed by atoms with E-state index in [0.29, 0.717) is 16.5 Å². The van der Waals surface area contributed by atoms with Crippen LogP contribution in [0.4, 0.5) is 0 Å². The maximum absolute atomic E-state index is 10.4. The minimum Gasteiger partial charge on any atom is -0.388 e. The SMILES string of the molecule is OC(Cc1ccc2c(c1)CCC2)c1ccc(Cl)cc1Cl. The Labute approximate surface area is 129 Å². The van der Waals surface area contributed by atoms with E-state index in [4.69, 9.17) is 23.2 Å². The summed E-state index contributed by atoms with van der Waals surface area (Å²) in [6.07, 6.45) is 3.56. The van der Waals surface area contributed by atoms with Crippen molar-refractivity contribution < 1.29 is 5.11 Å². The van der Waals surface area contributed by atoms with Crippen LogP contribution in [0.3, 0.4) is 0 Å². The van der Waals surface area contributed by atoms with E-state index < -0.39 is 6.10 Å². The molecule has 2 aromatic carbocycles. The van der Waals surface area contributed by atoms with Crippen LogP contribution in [-0.2, 0) is 19.3 Å². The number of benzene rings is 2. The second-order valence-electron chi connectivity index (χ2n) is 5.34. The predicted molar refractivity (Wildman–Crippen MR) is 83.6 cm³/mol. The summed E-state index contributed by atoms with van der Waals surface area (Å²) >= 11 is 12.0. The molecular weight excluding hydrogens is 291 g/mol. The Morgan fingerprint density at radius 1 is 1.00 bits per heavy atom. The average molecular weight is 307 g/mol. The Bertz CT molecular complexity index is 637. The topological polar surface area (TPSA) is 20.2 Å². The molecule has 20 heavy (non-hydrogen) atoms. The molecule has 2 aromatic rings. The first kappa shape index (κ1) is 13.9. The fraction of sp³-hybridized carbons (Fsp3) is 0.294. The van der Waals surface area contributed by atoms with Crippen LogP contribution in [0.1, 0.15) is 34.8 Å². The molecule has 0 amide bonds.